The van der Waals surface area contributed by atoms with E-state index in [9.17, 15) is 18.0 Å². The van der Waals surface area contributed by atoms with Crippen LogP contribution in [0.4, 0.5) is 19.0 Å². The summed E-state index contributed by atoms with van der Waals surface area (Å²) in [6, 6.07) is 0.939. The van der Waals surface area contributed by atoms with E-state index < -0.39 is 11.7 Å². The second kappa shape index (κ2) is 10.9. The molecule has 0 bridgehead atoms. The summed E-state index contributed by atoms with van der Waals surface area (Å²) >= 11 is 5.77. The molecule has 11 heteroatoms. The van der Waals surface area contributed by atoms with Crippen LogP contribution in [0.15, 0.2) is 12.3 Å². The predicted octanol–water partition coefficient (Wildman–Crippen LogP) is 3.27. The molecule has 0 unspecified atom stereocenters. The van der Waals surface area contributed by atoms with Gasteiger partial charge in [-0.25, -0.2) is 4.98 Å². The molecule has 2 heterocycles. The van der Waals surface area contributed by atoms with Crippen LogP contribution in [0.5, 0.6) is 0 Å². The van der Waals surface area contributed by atoms with E-state index in [2.05, 4.69) is 20.9 Å². The highest BCUT2D eigenvalue weighted by Crippen LogP contribution is 2.32. The summed E-state index contributed by atoms with van der Waals surface area (Å²) in [7, 11) is 0. The fraction of sp³-hybridized carbons (Fsp3) is 0.571. The fourth-order valence-electron chi connectivity index (χ4n) is 2.29. The first-order valence-electron chi connectivity index (χ1n) is 7.33. The lowest BCUT2D eigenvalue weighted by Gasteiger charge is -2.23. The van der Waals surface area contributed by atoms with Gasteiger partial charge in [0.25, 0.3) is 0 Å². The third-order valence-electron chi connectivity index (χ3n) is 3.48. The summed E-state index contributed by atoms with van der Waals surface area (Å²) in [4.78, 5) is 15.4. The summed E-state index contributed by atoms with van der Waals surface area (Å²) in [5.74, 6) is 0.0148. The minimum absolute atomic E-state index is 0. The van der Waals surface area contributed by atoms with Crippen molar-refractivity contribution in [1.29, 1.82) is 0 Å². The van der Waals surface area contributed by atoms with Gasteiger partial charge in [-0.3, -0.25) is 4.79 Å². The number of rotatable bonds is 5. The summed E-state index contributed by atoms with van der Waals surface area (Å²) in [6.07, 6.45) is -1.62. The van der Waals surface area contributed by atoms with Crippen LogP contribution in [-0.4, -0.2) is 36.6 Å². The molecule has 1 aliphatic rings. The number of nitrogens with zero attached hydrogens (tertiary/aromatic N) is 1. The van der Waals surface area contributed by atoms with Crippen LogP contribution in [0.2, 0.25) is 5.02 Å². The molecular weight excluding hydrogens is 404 g/mol. The van der Waals surface area contributed by atoms with Gasteiger partial charge in [-0.05, 0) is 25.5 Å². The molecule has 3 N–H and O–H groups in total. The van der Waals surface area contributed by atoms with Gasteiger partial charge in [0, 0.05) is 31.7 Å². The van der Waals surface area contributed by atoms with Crippen molar-refractivity contribution in [3.63, 3.8) is 0 Å². The van der Waals surface area contributed by atoms with Gasteiger partial charge in [0.2, 0.25) is 5.91 Å². The Labute approximate surface area is 161 Å². The normalized spacial score (nSPS) is 17.0. The molecule has 0 spiro atoms. The standard InChI is InChI=1S/C14H18ClF3N4O.2ClH/c15-11-6-9(14(16,17)18)7-21-13(11)20-5-3-12(23)22-10-2-1-4-19-8-10;;/h6-7,10,19H,1-5,8H2,(H,20,21)(H,22,23);2*1H/t10-;;/m0../s1. The van der Waals surface area contributed by atoms with Crippen LogP contribution >= 0.6 is 36.4 Å². The van der Waals surface area contributed by atoms with Crippen molar-refractivity contribution in [1.82, 2.24) is 15.6 Å². The van der Waals surface area contributed by atoms with Crippen LogP contribution in [0.1, 0.15) is 24.8 Å². The van der Waals surface area contributed by atoms with E-state index >= 15 is 0 Å². The van der Waals surface area contributed by atoms with Crippen LogP contribution in [0, 0.1) is 0 Å². The van der Waals surface area contributed by atoms with Gasteiger partial charge in [0.15, 0.2) is 0 Å². The topological polar surface area (TPSA) is 66.0 Å². The van der Waals surface area contributed by atoms with Gasteiger partial charge < -0.3 is 16.0 Å². The Balaban J connectivity index is 0.00000288. The Bertz CT molecular complexity index is 555. The summed E-state index contributed by atoms with van der Waals surface area (Å²) in [5.41, 5.74) is -0.907. The Kier molecular flexibility index (Phi) is 10.5. The summed E-state index contributed by atoms with van der Waals surface area (Å²) in [5, 5.41) is 8.75. The monoisotopic (exact) mass is 422 g/mol. The van der Waals surface area contributed by atoms with Gasteiger partial charge >= 0.3 is 6.18 Å². The quantitative estimate of drug-likeness (QED) is 0.680. The molecule has 0 saturated carbocycles. The zero-order chi connectivity index (χ0) is 16.9. The highest BCUT2D eigenvalue weighted by molar-refractivity contribution is 6.32. The maximum atomic E-state index is 12.5. The third-order valence-corrected chi connectivity index (χ3v) is 3.76. The number of carbonyl (C=O) groups is 1. The van der Waals surface area contributed by atoms with E-state index in [4.69, 9.17) is 11.6 Å². The molecule has 25 heavy (non-hydrogen) atoms. The van der Waals surface area contributed by atoms with Crippen LogP contribution in [0.3, 0.4) is 0 Å². The number of halogens is 6. The minimum Gasteiger partial charge on any atom is -0.368 e. The van der Waals surface area contributed by atoms with Crippen LogP contribution in [0.25, 0.3) is 0 Å². The third kappa shape index (κ3) is 7.85. The molecule has 1 amide bonds. The molecule has 1 aliphatic heterocycles. The fourth-order valence-corrected chi connectivity index (χ4v) is 2.53. The van der Waals surface area contributed by atoms with Gasteiger partial charge in [0.1, 0.15) is 5.82 Å². The van der Waals surface area contributed by atoms with Crippen molar-refractivity contribution in [2.75, 3.05) is 25.0 Å². The van der Waals surface area contributed by atoms with Crippen molar-refractivity contribution in [3.05, 3.63) is 22.8 Å². The lowest BCUT2D eigenvalue weighted by Crippen LogP contribution is -2.45. The first kappa shape index (κ1) is 24.0. The molecule has 1 atom stereocenters. The van der Waals surface area contributed by atoms with Gasteiger partial charge in [0.05, 0.1) is 10.6 Å². The first-order valence-corrected chi connectivity index (χ1v) is 7.71. The van der Waals surface area contributed by atoms with Crippen LogP contribution in [-0.2, 0) is 11.0 Å². The molecule has 1 fully saturated rings. The zero-order valence-electron chi connectivity index (χ0n) is 13.2. The Morgan fingerprint density at radius 1 is 1.40 bits per heavy atom. The summed E-state index contributed by atoms with van der Waals surface area (Å²) in [6.45, 7) is 1.96. The Hall–Kier alpha value is -0.960. The Morgan fingerprint density at radius 3 is 2.68 bits per heavy atom. The number of hydrogen-bond acceptors (Lipinski definition) is 4. The number of hydrogen-bond donors (Lipinski definition) is 3. The highest BCUT2D eigenvalue weighted by Gasteiger charge is 2.31. The van der Waals surface area contributed by atoms with Crippen molar-refractivity contribution >= 4 is 48.1 Å². The van der Waals surface area contributed by atoms with E-state index in [-0.39, 0.29) is 60.6 Å². The Morgan fingerprint density at radius 2 is 2.12 bits per heavy atom. The zero-order valence-corrected chi connectivity index (χ0v) is 15.5. The summed E-state index contributed by atoms with van der Waals surface area (Å²) < 4.78 is 37.5. The van der Waals surface area contributed by atoms with E-state index in [1.165, 1.54) is 0 Å². The molecule has 5 nitrogen and oxygen atoms in total. The second-order valence-electron chi connectivity index (χ2n) is 5.34. The maximum absolute atomic E-state index is 12.5. The number of carbonyl (C=O) groups excluding carboxylic acids is 1. The average molecular weight is 424 g/mol. The molecule has 0 radical (unpaired) electrons. The number of alkyl halides is 3. The molecular formula is C14H20Cl3F3N4O. The van der Waals surface area contributed by atoms with Gasteiger partial charge in [-0.2, -0.15) is 13.2 Å². The predicted molar refractivity (Wildman–Crippen MR) is 95.9 cm³/mol. The number of nitrogens with one attached hydrogen (secondary N) is 3. The lowest BCUT2D eigenvalue weighted by molar-refractivity contribution is -0.137. The molecule has 2 rings (SSSR count). The molecule has 0 aromatic carbocycles. The number of pyridine rings is 1. The number of piperidine rings is 1. The average Bonchev–Trinajstić information content (AvgIpc) is 2.49. The van der Waals surface area contributed by atoms with E-state index in [1.54, 1.807) is 0 Å². The van der Waals surface area contributed by atoms with Crippen molar-refractivity contribution in [2.45, 2.75) is 31.5 Å². The van der Waals surface area contributed by atoms with E-state index in [1.807, 2.05) is 0 Å². The smallest absolute Gasteiger partial charge is 0.368 e. The van der Waals surface area contributed by atoms with Crippen molar-refractivity contribution in [2.24, 2.45) is 0 Å². The number of amides is 1. The van der Waals surface area contributed by atoms with Gasteiger partial charge in [-0.1, -0.05) is 11.6 Å². The molecule has 1 aromatic heterocycles. The maximum Gasteiger partial charge on any atom is 0.417 e. The van der Waals surface area contributed by atoms with Gasteiger partial charge in [-0.15, -0.1) is 24.8 Å². The molecule has 144 valence electrons. The van der Waals surface area contributed by atoms with Crippen LogP contribution < -0.4 is 16.0 Å². The van der Waals surface area contributed by atoms with Crippen molar-refractivity contribution in [3.8, 4) is 0 Å². The first-order chi connectivity index (χ1) is 10.9. The molecule has 1 saturated heterocycles. The molecule has 0 aliphatic carbocycles. The highest BCUT2D eigenvalue weighted by atomic mass is 35.5. The van der Waals surface area contributed by atoms with Crippen molar-refractivity contribution < 1.29 is 18.0 Å². The largest absolute Gasteiger partial charge is 0.417 e. The number of aromatic nitrogens is 1. The van der Waals surface area contributed by atoms with E-state index in [0.717, 1.165) is 32.0 Å². The second-order valence-corrected chi connectivity index (χ2v) is 5.75. The lowest BCUT2D eigenvalue weighted by atomic mass is 10.1. The molecule has 1 aromatic rings. The van der Waals surface area contributed by atoms with E-state index in [0.29, 0.717) is 6.20 Å². The number of anilines is 1. The minimum atomic E-state index is -4.48. The SMILES string of the molecule is Cl.Cl.O=C(CCNc1ncc(C(F)(F)F)cc1Cl)N[C@H]1CCCNC1.